The zero-order chi connectivity index (χ0) is 26.9. The maximum absolute atomic E-state index is 12.8. The number of nitrogens with one attached hydrogen (secondary N) is 1. The maximum Gasteiger partial charge on any atom is 0.416 e. The first kappa shape index (κ1) is 27.2. The predicted octanol–water partition coefficient (Wildman–Crippen LogP) is 5.80. The number of nitrogen functional groups attached to an aromatic ring is 1. The number of carbonyl (C=O) groups is 2. The summed E-state index contributed by atoms with van der Waals surface area (Å²) >= 11 is 6.62. The second kappa shape index (κ2) is 10.9. The number of carbonyl (C=O) groups excluding carboxylic acids is 2. The molecule has 4 rings (SSSR count). The number of hydrogen-bond donors (Lipinski definition) is 2. The van der Waals surface area contributed by atoms with Gasteiger partial charge in [-0.3, -0.25) is 14.2 Å². The summed E-state index contributed by atoms with van der Waals surface area (Å²) in [7, 11) is 0. The molecule has 1 amide bonds. The number of likely N-dealkylation sites (tertiary alicyclic amines) is 1. The average molecular weight is 644 g/mol. The first-order valence-corrected chi connectivity index (χ1v) is 13.1. The zero-order valence-electron chi connectivity index (χ0n) is 19.4. The van der Waals surface area contributed by atoms with Crippen LogP contribution in [0.5, 0.6) is 0 Å². The minimum Gasteiger partial charge on any atom is -0.397 e. The number of ketones is 1. The molecule has 0 aliphatic carbocycles. The van der Waals surface area contributed by atoms with Gasteiger partial charge < -0.3 is 15.6 Å². The number of anilines is 1. The number of halogens is 5. The van der Waals surface area contributed by atoms with Gasteiger partial charge in [0.25, 0.3) is 0 Å². The minimum absolute atomic E-state index is 0.0648. The molecular formula is C25H23Br2F3N4O3. The predicted molar refractivity (Wildman–Crippen MR) is 140 cm³/mol. The van der Waals surface area contributed by atoms with Crippen LogP contribution in [0.1, 0.15) is 47.6 Å². The van der Waals surface area contributed by atoms with Crippen LogP contribution in [0.4, 0.5) is 18.9 Å². The number of aromatic nitrogens is 2. The monoisotopic (exact) mass is 642 g/mol. The van der Waals surface area contributed by atoms with Crippen molar-refractivity contribution in [2.45, 2.75) is 37.9 Å². The van der Waals surface area contributed by atoms with Crippen LogP contribution in [0.15, 0.2) is 56.3 Å². The molecule has 1 aliphatic rings. The highest BCUT2D eigenvalue weighted by atomic mass is 79.9. The Morgan fingerprint density at radius 1 is 1.03 bits per heavy atom. The lowest BCUT2D eigenvalue weighted by molar-refractivity contribution is -0.137. The van der Waals surface area contributed by atoms with E-state index in [1.54, 1.807) is 23.2 Å². The molecule has 0 saturated carbocycles. The van der Waals surface area contributed by atoms with E-state index in [1.165, 1.54) is 16.7 Å². The van der Waals surface area contributed by atoms with Gasteiger partial charge in [0.1, 0.15) is 0 Å². The second-order valence-corrected chi connectivity index (χ2v) is 10.6. The molecule has 1 fully saturated rings. The number of imidazole rings is 1. The van der Waals surface area contributed by atoms with Gasteiger partial charge in [0.15, 0.2) is 5.78 Å². The van der Waals surface area contributed by atoms with Crippen molar-refractivity contribution in [3.8, 4) is 11.3 Å². The molecule has 0 radical (unpaired) electrons. The van der Waals surface area contributed by atoms with Gasteiger partial charge in [0.05, 0.1) is 16.9 Å². The van der Waals surface area contributed by atoms with Gasteiger partial charge in [-0.15, -0.1) is 0 Å². The Balaban J connectivity index is 1.33. The number of nitrogens with zero attached hydrogens (tertiary/aromatic N) is 2. The second-order valence-electron chi connectivity index (χ2n) is 8.84. The minimum atomic E-state index is -4.43. The molecular weight excluding hydrogens is 621 g/mol. The fourth-order valence-corrected chi connectivity index (χ4v) is 5.51. The van der Waals surface area contributed by atoms with E-state index in [1.807, 2.05) is 0 Å². The van der Waals surface area contributed by atoms with E-state index in [4.69, 9.17) is 5.73 Å². The number of piperidine rings is 1. The van der Waals surface area contributed by atoms with Crippen LogP contribution >= 0.6 is 31.9 Å². The summed E-state index contributed by atoms with van der Waals surface area (Å²) in [6.45, 7) is 0.869. The highest BCUT2D eigenvalue weighted by Crippen LogP contribution is 2.32. The zero-order valence-corrected chi connectivity index (χ0v) is 22.6. The number of benzene rings is 2. The molecule has 3 N–H and O–H groups in total. The van der Waals surface area contributed by atoms with E-state index in [-0.39, 0.29) is 36.3 Å². The fraction of sp³-hybridized carbons (Fsp3) is 0.320. The number of nitrogens with two attached hydrogens (primary N) is 1. The Hall–Kier alpha value is -2.86. The molecule has 37 heavy (non-hydrogen) atoms. The van der Waals surface area contributed by atoms with Crippen LogP contribution in [0.2, 0.25) is 0 Å². The summed E-state index contributed by atoms with van der Waals surface area (Å²) in [6.07, 6.45) is -1.60. The summed E-state index contributed by atoms with van der Waals surface area (Å²) in [5, 5.41) is 0. The lowest BCUT2D eigenvalue weighted by atomic mass is 10.0. The van der Waals surface area contributed by atoms with Crippen molar-refractivity contribution in [1.29, 1.82) is 0 Å². The molecule has 196 valence electrons. The summed E-state index contributed by atoms with van der Waals surface area (Å²) < 4.78 is 41.2. The molecule has 0 unspecified atom stereocenters. The van der Waals surface area contributed by atoms with E-state index in [9.17, 15) is 27.6 Å². The van der Waals surface area contributed by atoms with E-state index in [2.05, 4.69) is 36.8 Å². The number of amides is 1. The van der Waals surface area contributed by atoms with E-state index < -0.39 is 11.7 Å². The number of hydrogen-bond acceptors (Lipinski definition) is 4. The third kappa shape index (κ3) is 6.18. The largest absolute Gasteiger partial charge is 0.416 e. The lowest BCUT2D eigenvalue weighted by Gasteiger charge is -2.32. The SMILES string of the molecule is Nc1c(Br)cc(C(=O)CCC(=O)N2CCC(n3cc(-c4ccc(C(F)(F)F)cc4)[nH]c3=O)CC2)cc1Br. The van der Waals surface area contributed by atoms with Gasteiger partial charge in [-0.2, -0.15) is 13.2 Å². The molecule has 1 saturated heterocycles. The fourth-order valence-electron chi connectivity index (χ4n) is 4.33. The van der Waals surface area contributed by atoms with Crippen LogP contribution in [0.25, 0.3) is 11.3 Å². The third-order valence-electron chi connectivity index (χ3n) is 6.45. The highest BCUT2D eigenvalue weighted by molar-refractivity contribution is 9.11. The molecule has 3 aromatic rings. The van der Waals surface area contributed by atoms with Crippen LogP contribution in [-0.4, -0.2) is 39.2 Å². The average Bonchev–Trinajstić information content (AvgIpc) is 3.26. The Morgan fingerprint density at radius 3 is 2.19 bits per heavy atom. The number of aromatic amines is 1. The maximum atomic E-state index is 12.8. The molecule has 0 atom stereocenters. The Labute approximate surface area is 227 Å². The first-order chi connectivity index (χ1) is 17.4. The normalized spacial score (nSPS) is 14.7. The van der Waals surface area contributed by atoms with Gasteiger partial charge >= 0.3 is 11.9 Å². The van der Waals surface area contributed by atoms with Gasteiger partial charge in [0, 0.05) is 52.7 Å². The molecule has 0 bridgehead atoms. The van der Waals surface area contributed by atoms with Gasteiger partial charge in [-0.05, 0) is 74.5 Å². The Bertz CT molecular complexity index is 1350. The van der Waals surface area contributed by atoms with Crippen molar-refractivity contribution >= 4 is 49.2 Å². The molecule has 1 aromatic heterocycles. The third-order valence-corrected chi connectivity index (χ3v) is 7.76. The topological polar surface area (TPSA) is 101 Å². The number of H-pyrrole nitrogens is 1. The molecule has 2 heterocycles. The molecule has 1 aliphatic heterocycles. The molecule has 2 aromatic carbocycles. The first-order valence-electron chi connectivity index (χ1n) is 11.5. The number of rotatable bonds is 6. The van der Waals surface area contributed by atoms with Crippen LogP contribution in [-0.2, 0) is 11.0 Å². The van der Waals surface area contributed by atoms with E-state index in [0.29, 0.717) is 57.4 Å². The van der Waals surface area contributed by atoms with Crippen molar-refractivity contribution in [1.82, 2.24) is 14.5 Å². The number of alkyl halides is 3. The van der Waals surface area contributed by atoms with Crippen LogP contribution in [0, 0.1) is 0 Å². The van der Waals surface area contributed by atoms with Gasteiger partial charge in [-0.25, -0.2) is 4.79 Å². The van der Waals surface area contributed by atoms with Crippen molar-refractivity contribution in [3.63, 3.8) is 0 Å². The summed E-state index contributed by atoms with van der Waals surface area (Å²) in [4.78, 5) is 42.2. The molecule has 12 heteroatoms. The van der Waals surface area contributed by atoms with Gasteiger partial charge in [-0.1, -0.05) is 12.1 Å². The lowest BCUT2D eigenvalue weighted by Crippen LogP contribution is -2.40. The van der Waals surface area contributed by atoms with Crippen LogP contribution in [0.3, 0.4) is 0 Å². The van der Waals surface area contributed by atoms with Crippen LogP contribution < -0.4 is 11.4 Å². The van der Waals surface area contributed by atoms with Crippen molar-refractivity contribution < 1.29 is 22.8 Å². The number of Topliss-reactive ketones (excluding diaryl/α,β-unsaturated/α-hetero) is 1. The van der Waals surface area contributed by atoms with Crippen molar-refractivity contribution in [2.75, 3.05) is 18.8 Å². The Morgan fingerprint density at radius 2 is 1.62 bits per heavy atom. The Kier molecular flexibility index (Phi) is 7.98. The summed E-state index contributed by atoms with van der Waals surface area (Å²) in [6, 6.07) is 7.71. The summed E-state index contributed by atoms with van der Waals surface area (Å²) in [5.74, 6) is -0.299. The van der Waals surface area contributed by atoms with Crippen molar-refractivity contribution in [3.05, 3.63) is 73.2 Å². The molecule has 0 spiro atoms. The summed E-state index contributed by atoms with van der Waals surface area (Å²) in [5.41, 5.74) is 6.59. The molecule has 7 nitrogen and oxygen atoms in total. The van der Waals surface area contributed by atoms with Crippen molar-refractivity contribution in [2.24, 2.45) is 0 Å². The standard InChI is InChI=1S/C25H23Br2F3N4O3/c26-18-11-15(12-19(27)23(18)31)21(35)5-6-22(36)33-9-7-17(8-10-33)34-13-20(32-24(34)37)14-1-3-16(4-2-14)25(28,29)30/h1-4,11-13,17H,5-10,31H2,(H,32,37). The van der Waals surface area contributed by atoms with E-state index >= 15 is 0 Å². The van der Waals surface area contributed by atoms with Gasteiger partial charge in [0.2, 0.25) is 5.91 Å². The smallest absolute Gasteiger partial charge is 0.397 e. The highest BCUT2D eigenvalue weighted by Gasteiger charge is 2.30. The quantitative estimate of drug-likeness (QED) is 0.262. The van der Waals surface area contributed by atoms with E-state index in [0.717, 1.165) is 12.1 Å².